The molecule has 0 saturated carbocycles. The fraction of sp³-hybridized carbons (Fsp3) is 0.368. The summed E-state index contributed by atoms with van der Waals surface area (Å²) in [4.78, 5) is 30.3. The van der Waals surface area contributed by atoms with Crippen LogP contribution in [0.5, 0.6) is 5.75 Å². The molecule has 9 heteroatoms. The van der Waals surface area contributed by atoms with Gasteiger partial charge in [-0.25, -0.2) is 9.29 Å². The van der Waals surface area contributed by atoms with Gasteiger partial charge < -0.3 is 9.26 Å². The topological polar surface area (TPSA) is 85.5 Å². The van der Waals surface area contributed by atoms with E-state index in [2.05, 4.69) is 10.1 Å². The van der Waals surface area contributed by atoms with E-state index in [1.807, 2.05) is 0 Å². The average molecular weight is 406 g/mol. The van der Waals surface area contributed by atoms with E-state index in [4.69, 9.17) is 20.9 Å². The molecule has 0 radical (unpaired) electrons. The maximum absolute atomic E-state index is 14.6. The third kappa shape index (κ3) is 3.28. The molecular formula is C19H17ClFN3O4. The highest BCUT2D eigenvalue weighted by molar-refractivity contribution is 6.34. The Bertz CT molecular complexity index is 973. The van der Waals surface area contributed by atoms with Gasteiger partial charge in [0, 0.05) is 17.2 Å². The lowest BCUT2D eigenvalue weighted by atomic mass is 9.93. The Balaban J connectivity index is 1.56. The number of rotatable bonds is 5. The first kappa shape index (κ1) is 18.6. The molecule has 1 aliphatic heterocycles. The molecule has 0 unspecified atom stereocenters. The van der Waals surface area contributed by atoms with Gasteiger partial charge in [-0.1, -0.05) is 16.8 Å². The highest BCUT2D eigenvalue weighted by Gasteiger charge is 2.41. The van der Waals surface area contributed by atoms with Crippen molar-refractivity contribution in [3.63, 3.8) is 0 Å². The Labute approximate surface area is 165 Å². The molecule has 2 heterocycles. The lowest BCUT2D eigenvalue weighted by Gasteiger charge is -2.18. The van der Waals surface area contributed by atoms with Crippen molar-refractivity contribution in [3.8, 4) is 5.75 Å². The summed E-state index contributed by atoms with van der Waals surface area (Å²) in [5.74, 6) is -0.607. The zero-order valence-corrected chi connectivity index (χ0v) is 15.9. The molecule has 0 spiro atoms. The normalized spacial score (nSPS) is 16.8. The van der Waals surface area contributed by atoms with Crippen molar-refractivity contribution in [1.82, 2.24) is 10.1 Å². The van der Waals surface area contributed by atoms with Gasteiger partial charge in [-0.2, -0.15) is 4.98 Å². The second-order valence-electron chi connectivity index (χ2n) is 6.68. The van der Waals surface area contributed by atoms with Crippen LogP contribution in [0, 0.1) is 12.7 Å². The number of halogens is 2. The smallest absolute Gasteiger partial charge is 0.261 e. The van der Waals surface area contributed by atoms with Crippen LogP contribution in [0.25, 0.3) is 0 Å². The summed E-state index contributed by atoms with van der Waals surface area (Å²) >= 11 is 6.07. The molecule has 2 amide bonds. The molecule has 2 aromatic rings. The molecule has 0 fully saturated rings. The number of amides is 2. The minimum atomic E-state index is -0.758. The van der Waals surface area contributed by atoms with Gasteiger partial charge in [-0.05, 0) is 38.7 Å². The van der Waals surface area contributed by atoms with Gasteiger partial charge in [0.2, 0.25) is 5.89 Å². The maximum atomic E-state index is 14.6. The zero-order chi connectivity index (χ0) is 19.8. The van der Waals surface area contributed by atoms with Gasteiger partial charge >= 0.3 is 0 Å². The van der Waals surface area contributed by atoms with Crippen molar-refractivity contribution < 1.29 is 23.2 Å². The first-order chi connectivity index (χ1) is 13.5. The average Bonchev–Trinajstić information content (AvgIpc) is 3.19. The molecule has 0 N–H and O–H groups in total. The van der Waals surface area contributed by atoms with Crippen molar-refractivity contribution in [3.05, 3.63) is 45.8 Å². The van der Waals surface area contributed by atoms with Gasteiger partial charge in [0.15, 0.2) is 5.82 Å². The van der Waals surface area contributed by atoms with E-state index in [0.717, 1.165) is 23.8 Å². The molecule has 1 aliphatic carbocycles. The standard InChI is InChI=1S/C19H17ClFN3O4/c1-10-22-17(28-23-10)6-7-27-16-9-15(14(21)8-13(16)20)24-18(25)11-4-2-3-5-12(11)19(24)26/h8-9H,2-7H2,1H3. The lowest BCUT2D eigenvalue weighted by molar-refractivity contribution is -0.120. The second-order valence-corrected chi connectivity index (χ2v) is 7.08. The number of anilines is 1. The molecule has 0 atom stereocenters. The molecule has 4 rings (SSSR count). The van der Waals surface area contributed by atoms with Crippen LogP contribution in [0.4, 0.5) is 10.1 Å². The summed E-state index contributed by atoms with van der Waals surface area (Å²) < 4.78 is 25.2. The fourth-order valence-corrected chi connectivity index (χ4v) is 3.65. The lowest BCUT2D eigenvalue weighted by Crippen LogP contribution is -2.32. The van der Waals surface area contributed by atoms with E-state index in [9.17, 15) is 14.0 Å². The highest BCUT2D eigenvalue weighted by Crippen LogP contribution is 2.39. The molecule has 146 valence electrons. The minimum Gasteiger partial charge on any atom is -0.491 e. The predicted octanol–water partition coefficient (Wildman–Crippen LogP) is 3.54. The predicted molar refractivity (Wildman–Crippen MR) is 97.6 cm³/mol. The number of imide groups is 1. The molecular weight excluding hydrogens is 389 g/mol. The number of aryl methyl sites for hydroxylation is 1. The fourth-order valence-electron chi connectivity index (χ4n) is 3.45. The third-order valence-electron chi connectivity index (χ3n) is 4.78. The summed E-state index contributed by atoms with van der Waals surface area (Å²) in [5, 5.41) is 3.73. The summed E-state index contributed by atoms with van der Waals surface area (Å²) in [6.07, 6.45) is 3.11. The summed E-state index contributed by atoms with van der Waals surface area (Å²) in [6.45, 7) is 1.86. The Morgan fingerprint density at radius 2 is 1.89 bits per heavy atom. The summed E-state index contributed by atoms with van der Waals surface area (Å²) in [7, 11) is 0. The van der Waals surface area contributed by atoms with Gasteiger partial charge in [-0.3, -0.25) is 9.59 Å². The van der Waals surface area contributed by atoms with Crippen molar-refractivity contribution in [2.24, 2.45) is 0 Å². The van der Waals surface area contributed by atoms with Crippen LogP contribution in [-0.2, 0) is 16.0 Å². The van der Waals surface area contributed by atoms with Crippen LogP contribution in [0.1, 0.15) is 37.4 Å². The van der Waals surface area contributed by atoms with Crippen molar-refractivity contribution in [1.29, 1.82) is 0 Å². The van der Waals surface area contributed by atoms with Crippen LogP contribution in [-0.4, -0.2) is 28.6 Å². The van der Waals surface area contributed by atoms with Crippen LogP contribution >= 0.6 is 11.6 Å². The van der Waals surface area contributed by atoms with Crippen LogP contribution in [0.3, 0.4) is 0 Å². The van der Waals surface area contributed by atoms with Gasteiger partial charge in [0.25, 0.3) is 11.8 Å². The van der Waals surface area contributed by atoms with Crippen molar-refractivity contribution in [2.75, 3.05) is 11.5 Å². The van der Waals surface area contributed by atoms with Crippen LogP contribution in [0.2, 0.25) is 5.02 Å². The van der Waals surface area contributed by atoms with Gasteiger partial charge in [0.1, 0.15) is 11.6 Å². The number of carbonyl (C=O) groups is 2. The van der Waals surface area contributed by atoms with E-state index < -0.39 is 17.6 Å². The summed E-state index contributed by atoms with van der Waals surface area (Å²) in [5.41, 5.74) is 0.817. The van der Waals surface area contributed by atoms with Crippen molar-refractivity contribution in [2.45, 2.75) is 39.0 Å². The van der Waals surface area contributed by atoms with E-state index in [0.29, 0.717) is 42.1 Å². The minimum absolute atomic E-state index is 0.0415. The first-order valence-electron chi connectivity index (χ1n) is 8.97. The quantitative estimate of drug-likeness (QED) is 0.707. The number of nitrogens with zero attached hydrogens (tertiary/aromatic N) is 3. The SMILES string of the molecule is Cc1noc(CCOc2cc(N3C(=O)C4=C(CCCC4)C3=O)c(F)cc2Cl)n1. The molecule has 2 aliphatic rings. The largest absolute Gasteiger partial charge is 0.491 e. The zero-order valence-electron chi connectivity index (χ0n) is 15.1. The number of aromatic nitrogens is 2. The molecule has 0 saturated heterocycles. The van der Waals surface area contributed by atoms with Gasteiger partial charge in [0.05, 0.1) is 23.7 Å². The number of hydrogen-bond donors (Lipinski definition) is 0. The van der Waals surface area contributed by atoms with Crippen molar-refractivity contribution >= 4 is 29.1 Å². The summed E-state index contributed by atoms with van der Waals surface area (Å²) in [6, 6.07) is 2.33. The molecule has 28 heavy (non-hydrogen) atoms. The number of carbonyl (C=O) groups excluding carboxylic acids is 2. The van der Waals surface area contributed by atoms with E-state index in [1.165, 1.54) is 6.07 Å². The molecule has 7 nitrogen and oxygen atoms in total. The second kappa shape index (κ2) is 7.35. The van der Waals surface area contributed by atoms with Crippen LogP contribution in [0.15, 0.2) is 27.8 Å². The maximum Gasteiger partial charge on any atom is 0.261 e. The molecule has 1 aromatic heterocycles. The van der Waals surface area contributed by atoms with Gasteiger partial charge in [-0.15, -0.1) is 0 Å². The Kier molecular flexibility index (Phi) is 4.89. The van der Waals surface area contributed by atoms with Crippen LogP contribution < -0.4 is 9.64 Å². The number of benzene rings is 1. The van der Waals surface area contributed by atoms with E-state index in [1.54, 1.807) is 6.92 Å². The third-order valence-corrected chi connectivity index (χ3v) is 5.07. The highest BCUT2D eigenvalue weighted by atomic mass is 35.5. The number of ether oxygens (including phenoxy) is 1. The number of hydrogen-bond acceptors (Lipinski definition) is 6. The molecule has 0 bridgehead atoms. The monoisotopic (exact) mass is 405 g/mol. The molecule has 1 aromatic carbocycles. The Morgan fingerprint density at radius 1 is 1.21 bits per heavy atom. The van der Waals surface area contributed by atoms with E-state index in [-0.39, 0.29) is 23.1 Å². The first-order valence-corrected chi connectivity index (χ1v) is 9.35. The van der Waals surface area contributed by atoms with E-state index >= 15 is 0 Å². The Hall–Kier alpha value is -2.74. The Morgan fingerprint density at radius 3 is 2.50 bits per heavy atom.